The Morgan fingerprint density at radius 2 is 2.03 bits per heavy atom. The lowest BCUT2D eigenvalue weighted by Crippen LogP contribution is -2.49. The summed E-state index contributed by atoms with van der Waals surface area (Å²) in [6, 6.07) is 9.21. The Bertz CT molecular complexity index is 1560. The Hall–Kier alpha value is -4.12. The normalized spacial score (nSPS) is 16.1. The number of carboxylic acid groups (broad SMARTS) is 1. The number of ether oxygens (including phenoxy) is 2. The summed E-state index contributed by atoms with van der Waals surface area (Å²) in [6.45, 7) is 5.50. The maximum atomic E-state index is 13.5. The number of likely N-dealkylation sites (tertiary alicyclic amines) is 1. The predicted octanol–water partition coefficient (Wildman–Crippen LogP) is 3.90. The minimum Gasteiger partial charge on any atom is -0.494 e. The van der Waals surface area contributed by atoms with E-state index in [1.807, 2.05) is 37.6 Å². The first kappa shape index (κ1) is 26.5. The molecule has 3 aromatic heterocycles. The van der Waals surface area contributed by atoms with Gasteiger partial charge >= 0.3 is 6.09 Å². The van der Waals surface area contributed by atoms with Crippen LogP contribution in [0.4, 0.5) is 4.79 Å². The van der Waals surface area contributed by atoms with E-state index in [-0.39, 0.29) is 11.9 Å². The van der Waals surface area contributed by atoms with E-state index in [0.717, 1.165) is 28.7 Å². The van der Waals surface area contributed by atoms with Crippen molar-refractivity contribution >= 4 is 34.1 Å². The van der Waals surface area contributed by atoms with Gasteiger partial charge in [0.15, 0.2) is 5.82 Å². The lowest BCUT2D eigenvalue weighted by atomic mass is 10.0. The number of nitrogens with one attached hydrogen (secondary N) is 1. The van der Waals surface area contributed by atoms with Crippen LogP contribution >= 0.6 is 0 Å². The van der Waals surface area contributed by atoms with Crippen molar-refractivity contribution in [3.05, 3.63) is 42.1 Å². The molecule has 2 N–H and O–H groups in total. The van der Waals surface area contributed by atoms with Gasteiger partial charge in [0.2, 0.25) is 0 Å². The fraction of sp³-hybridized carbons (Fsp3) is 0.429. The number of aryl methyl sites for hydroxylation is 1. The number of piperidine rings is 1. The third kappa shape index (κ3) is 5.01. The van der Waals surface area contributed by atoms with Gasteiger partial charge in [-0.3, -0.25) is 4.79 Å². The first-order chi connectivity index (χ1) is 18.6. The van der Waals surface area contributed by atoms with E-state index in [0.29, 0.717) is 48.7 Å². The topological polar surface area (TPSA) is 124 Å². The molecule has 4 heterocycles. The van der Waals surface area contributed by atoms with Gasteiger partial charge in [-0.25, -0.2) is 14.8 Å². The number of hydrogen-bond acceptors (Lipinski definition) is 6. The Morgan fingerprint density at radius 3 is 2.74 bits per heavy atom. The van der Waals surface area contributed by atoms with E-state index >= 15 is 0 Å². The second-order valence-corrected chi connectivity index (χ2v) is 10.6. The molecule has 0 aliphatic carbocycles. The molecule has 0 bridgehead atoms. The Labute approximate surface area is 226 Å². The highest BCUT2D eigenvalue weighted by atomic mass is 16.5. The fourth-order valence-electron chi connectivity index (χ4n) is 5.33. The average Bonchev–Trinajstić information content (AvgIpc) is 3.44. The third-order valence-electron chi connectivity index (χ3n) is 7.41. The van der Waals surface area contributed by atoms with Crippen LogP contribution in [0.25, 0.3) is 33.6 Å². The number of benzene rings is 1. The Kier molecular flexibility index (Phi) is 6.94. The van der Waals surface area contributed by atoms with Crippen molar-refractivity contribution in [1.29, 1.82) is 0 Å². The molecule has 1 aromatic carbocycles. The lowest BCUT2D eigenvalue weighted by Gasteiger charge is -2.32. The van der Waals surface area contributed by atoms with E-state index in [1.165, 1.54) is 0 Å². The zero-order valence-electron chi connectivity index (χ0n) is 22.9. The van der Waals surface area contributed by atoms with E-state index in [4.69, 9.17) is 19.6 Å². The van der Waals surface area contributed by atoms with Crippen LogP contribution in [0.15, 0.2) is 36.5 Å². The average molecular weight is 535 g/mol. The van der Waals surface area contributed by atoms with Gasteiger partial charge in [-0.2, -0.15) is 0 Å². The molecule has 1 unspecified atom stereocenters. The molecule has 1 saturated heterocycles. The van der Waals surface area contributed by atoms with Crippen LogP contribution in [0.1, 0.15) is 37.0 Å². The number of carbonyl (C=O) groups excluding carboxylic acids is 1. The number of imidazole rings is 1. The van der Waals surface area contributed by atoms with Gasteiger partial charge in [0.1, 0.15) is 16.9 Å². The van der Waals surface area contributed by atoms with Crippen molar-refractivity contribution in [3.8, 4) is 17.3 Å². The molecule has 39 heavy (non-hydrogen) atoms. The zero-order valence-corrected chi connectivity index (χ0v) is 22.9. The molecule has 1 atom stereocenters. The molecule has 1 aliphatic heterocycles. The SMILES string of the molecule is COc1cc(C(=O)N2CCCC(NC(=O)O)C2)cc2nc(-c3cc4cccnc4n3CC(C)(C)OC)n(C)c12. The quantitative estimate of drug-likeness (QED) is 0.369. The van der Waals surface area contributed by atoms with Gasteiger partial charge in [0.25, 0.3) is 5.91 Å². The molecular weight excluding hydrogens is 500 g/mol. The summed E-state index contributed by atoms with van der Waals surface area (Å²) in [7, 11) is 5.20. The summed E-state index contributed by atoms with van der Waals surface area (Å²) in [4.78, 5) is 35.9. The molecule has 2 amide bonds. The summed E-state index contributed by atoms with van der Waals surface area (Å²) in [5.74, 6) is 1.06. The summed E-state index contributed by atoms with van der Waals surface area (Å²) in [5.41, 5.74) is 3.11. The molecule has 5 rings (SSSR count). The monoisotopic (exact) mass is 534 g/mol. The molecule has 11 nitrogen and oxygen atoms in total. The van der Waals surface area contributed by atoms with Gasteiger partial charge in [0, 0.05) is 50.4 Å². The molecule has 0 spiro atoms. The van der Waals surface area contributed by atoms with Crippen LogP contribution in [-0.4, -0.2) is 80.1 Å². The van der Waals surface area contributed by atoms with E-state index in [9.17, 15) is 9.59 Å². The number of carbonyl (C=O) groups is 2. The maximum absolute atomic E-state index is 13.5. The van der Waals surface area contributed by atoms with Gasteiger partial charge in [-0.1, -0.05) is 0 Å². The second-order valence-electron chi connectivity index (χ2n) is 10.6. The van der Waals surface area contributed by atoms with Crippen LogP contribution in [0.2, 0.25) is 0 Å². The highest BCUT2D eigenvalue weighted by Gasteiger charge is 2.28. The number of pyridine rings is 1. The van der Waals surface area contributed by atoms with Gasteiger partial charge in [-0.15, -0.1) is 0 Å². The number of amides is 2. The molecule has 1 aliphatic rings. The standard InChI is InChI=1S/C28H34N6O5/c1-28(2,39-5)16-34-21(13-17-8-6-10-29-24(17)34)25-31-20-12-18(14-22(38-4)23(20)32(25)3)26(35)33-11-7-9-19(15-33)30-27(36)37/h6,8,10,12-14,19,30H,7,9,11,15-16H2,1-5H3,(H,36,37). The summed E-state index contributed by atoms with van der Waals surface area (Å²) >= 11 is 0. The van der Waals surface area contributed by atoms with Crippen molar-refractivity contribution in [2.75, 3.05) is 27.3 Å². The van der Waals surface area contributed by atoms with E-state index < -0.39 is 11.7 Å². The van der Waals surface area contributed by atoms with E-state index in [1.54, 1.807) is 37.4 Å². The summed E-state index contributed by atoms with van der Waals surface area (Å²) in [5, 5.41) is 12.6. The second kappa shape index (κ2) is 10.2. The molecule has 0 saturated carbocycles. The maximum Gasteiger partial charge on any atom is 0.404 e. The number of hydrogen-bond donors (Lipinski definition) is 2. The van der Waals surface area contributed by atoms with Crippen molar-refractivity contribution in [2.24, 2.45) is 7.05 Å². The zero-order chi connectivity index (χ0) is 27.9. The van der Waals surface area contributed by atoms with Crippen molar-refractivity contribution in [3.63, 3.8) is 0 Å². The molecule has 4 aromatic rings. The summed E-state index contributed by atoms with van der Waals surface area (Å²) in [6.07, 6.45) is 2.11. The number of fused-ring (bicyclic) bond motifs is 2. The minimum atomic E-state index is -1.08. The highest BCUT2D eigenvalue weighted by molar-refractivity contribution is 6.00. The van der Waals surface area contributed by atoms with Crippen LogP contribution in [-0.2, 0) is 18.3 Å². The van der Waals surface area contributed by atoms with E-state index in [2.05, 4.69) is 20.9 Å². The Balaban J connectivity index is 1.58. The highest BCUT2D eigenvalue weighted by Crippen LogP contribution is 2.35. The van der Waals surface area contributed by atoms with Crippen LogP contribution in [0, 0.1) is 0 Å². The minimum absolute atomic E-state index is 0.181. The predicted molar refractivity (Wildman–Crippen MR) is 147 cm³/mol. The number of nitrogens with zero attached hydrogens (tertiary/aromatic N) is 5. The molecule has 0 radical (unpaired) electrons. The lowest BCUT2D eigenvalue weighted by molar-refractivity contribution is 0.00931. The molecule has 206 valence electrons. The largest absolute Gasteiger partial charge is 0.494 e. The fourth-order valence-corrected chi connectivity index (χ4v) is 5.33. The number of rotatable bonds is 7. The molecule has 1 fully saturated rings. The van der Waals surface area contributed by atoms with Gasteiger partial charge in [0.05, 0.1) is 30.5 Å². The van der Waals surface area contributed by atoms with Crippen LogP contribution in [0.5, 0.6) is 5.75 Å². The third-order valence-corrected chi connectivity index (χ3v) is 7.41. The van der Waals surface area contributed by atoms with Crippen molar-refractivity contribution in [2.45, 2.75) is 44.9 Å². The van der Waals surface area contributed by atoms with Crippen molar-refractivity contribution < 1.29 is 24.2 Å². The smallest absolute Gasteiger partial charge is 0.404 e. The molecule has 11 heteroatoms. The first-order valence-corrected chi connectivity index (χ1v) is 12.9. The van der Waals surface area contributed by atoms with Gasteiger partial charge in [-0.05, 0) is 57.0 Å². The number of aromatic nitrogens is 4. The van der Waals surface area contributed by atoms with Crippen molar-refractivity contribution in [1.82, 2.24) is 29.3 Å². The Morgan fingerprint density at radius 1 is 1.23 bits per heavy atom. The van der Waals surface area contributed by atoms with Crippen LogP contribution < -0.4 is 10.1 Å². The van der Waals surface area contributed by atoms with Crippen LogP contribution in [0.3, 0.4) is 0 Å². The number of methoxy groups -OCH3 is 2. The van der Waals surface area contributed by atoms with Gasteiger partial charge < -0.3 is 33.9 Å². The summed E-state index contributed by atoms with van der Waals surface area (Å²) < 4.78 is 15.6. The first-order valence-electron chi connectivity index (χ1n) is 12.9. The molecular formula is C28H34N6O5.